The zero-order valence-corrected chi connectivity index (χ0v) is 10.8. The standard InChI is InChI=1S/C13H19ClFN/c1-9(2)6-10(3)16-8-11-4-5-12(14)7-13(11)15/h4-5,7,9-10,16H,6,8H2,1-3H3. The van der Waals surface area contributed by atoms with Gasteiger partial charge >= 0.3 is 0 Å². The van der Waals surface area contributed by atoms with Crippen molar-refractivity contribution in [1.29, 1.82) is 0 Å². The first kappa shape index (κ1) is 13.5. The van der Waals surface area contributed by atoms with E-state index in [-0.39, 0.29) is 5.82 Å². The second-order valence-corrected chi connectivity index (χ2v) is 5.08. The van der Waals surface area contributed by atoms with Crippen LogP contribution in [0.25, 0.3) is 0 Å². The molecule has 0 radical (unpaired) electrons. The Balaban J connectivity index is 2.48. The van der Waals surface area contributed by atoms with Crippen LogP contribution in [0.4, 0.5) is 4.39 Å². The van der Waals surface area contributed by atoms with Crippen LogP contribution in [0.2, 0.25) is 5.02 Å². The molecule has 0 heterocycles. The van der Waals surface area contributed by atoms with Gasteiger partial charge in [0.1, 0.15) is 5.82 Å². The van der Waals surface area contributed by atoms with Crippen LogP contribution in [0.1, 0.15) is 32.8 Å². The van der Waals surface area contributed by atoms with Crippen molar-refractivity contribution in [3.63, 3.8) is 0 Å². The molecule has 1 nitrogen and oxygen atoms in total. The highest BCUT2D eigenvalue weighted by atomic mass is 35.5. The van der Waals surface area contributed by atoms with Crippen molar-refractivity contribution in [3.8, 4) is 0 Å². The molecule has 0 saturated heterocycles. The summed E-state index contributed by atoms with van der Waals surface area (Å²) in [6.45, 7) is 7.03. The molecule has 0 bridgehead atoms. The first-order valence-corrected chi connectivity index (χ1v) is 6.04. The summed E-state index contributed by atoms with van der Waals surface area (Å²) in [5.74, 6) is 0.411. The lowest BCUT2D eigenvalue weighted by Crippen LogP contribution is -2.27. The molecule has 0 aromatic heterocycles. The molecule has 0 aliphatic rings. The molecule has 0 aliphatic heterocycles. The Bertz CT molecular complexity index is 339. The van der Waals surface area contributed by atoms with Gasteiger partial charge in [-0.15, -0.1) is 0 Å². The highest BCUT2D eigenvalue weighted by molar-refractivity contribution is 6.30. The number of hydrogen-bond donors (Lipinski definition) is 1. The largest absolute Gasteiger partial charge is 0.310 e. The van der Waals surface area contributed by atoms with Gasteiger partial charge in [0.25, 0.3) is 0 Å². The smallest absolute Gasteiger partial charge is 0.129 e. The van der Waals surface area contributed by atoms with E-state index < -0.39 is 0 Å². The molecule has 0 saturated carbocycles. The SMILES string of the molecule is CC(C)CC(C)NCc1ccc(Cl)cc1F. The molecule has 1 atom stereocenters. The van der Waals surface area contributed by atoms with Crippen molar-refractivity contribution >= 4 is 11.6 Å². The third-order valence-corrected chi connectivity index (χ3v) is 2.72. The van der Waals surface area contributed by atoms with Gasteiger partial charge in [0.15, 0.2) is 0 Å². The summed E-state index contributed by atoms with van der Waals surface area (Å²) in [7, 11) is 0. The number of rotatable bonds is 5. The van der Waals surface area contributed by atoms with Gasteiger partial charge in [-0.2, -0.15) is 0 Å². The van der Waals surface area contributed by atoms with Crippen LogP contribution in [0, 0.1) is 11.7 Å². The lowest BCUT2D eigenvalue weighted by Gasteiger charge is -2.16. The van der Waals surface area contributed by atoms with Crippen LogP contribution in [-0.4, -0.2) is 6.04 Å². The van der Waals surface area contributed by atoms with E-state index in [1.807, 2.05) is 0 Å². The van der Waals surface area contributed by atoms with E-state index >= 15 is 0 Å². The molecule has 0 aliphatic carbocycles. The Labute approximate surface area is 102 Å². The average Bonchev–Trinajstić information content (AvgIpc) is 2.15. The van der Waals surface area contributed by atoms with Gasteiger partial charge < -0.3 is 5.32 Å². The van der Waals surface area contributed by atoms with Gasteiger partial charge in [-0.1, -0.05) is 31.5 Å². The summed E-state index contributed by atoms with van der Waals surface area (Å²) in [4.78, 5) is 0. The molecule has 16 heavy (non-hydrogen) atoms. The van der Waals surface area contributed by atoms with E-state index in [1.165, 1.54) is 6.07 Å². The van der Waals surface area contributed by atoms with E-state index in [2.05, 4.69) is 26.1 Å². The number of nitrogens with one attached hydrogen (secondary N) is 1. The van der Waals surface area contributed by atoms with Crippen molar-refractivity contribution in [1.82, 2.24) is 5.32 Å². The maximum absolute atomic E-state index is 13.4. The minimum Gasteiger partial charge on any atom is -0.310 e. The van der Waals surface area contributed by atoms with Crippen molar-refractivity contribution in [3.05, 3.63) is 34.6 Å². The molecule has 1 aromatic rings. The summed E-state index contributed by atoms with van der Waals surface area (Å²) in [5, 5.41) is 3.75. The van der Waals surface area contributed by atoms with E-state index in [1.54, 1.807) is 12.1 Å². The second kappa shape index (κ2) is 6.21. The van der Waals surface area contributed by atoms with Crippen LogP contribution in [0.5, 0.6) is 0 Å². The van der Waals surface area contributed by atoms with Crippen LogP contribution in [0.15, 0.2) is 18.2 Å². The molecule has 1 unspecified atom stereocenters. The fourth-order valence-electron chi connectivity index (χ4n) is 1.74. The lowest BCUT2D eigenvalue weighted by molar-refractivity contribution is 0.437. The fourth-order valence-corrected chi connectivity index (χ4v) is 1.90. The fraction of sp³-hybridized carbons (Fsp3) is 0.538. The first-order valence-electron chi connectivity index (χ1n) is 5.66. The van der Waals surface area contributed by atoms with Crippen molar-refractivity contribution < 1.29 is 4.39 Å². The van der Waals surface area contributed by atoms with Crippen LogP contribution in [0.3, 0.4) is 0 Å². The van der Waals surface area contributed by atoms with Gasteiger partial charge in [-0.25, -0.2) is 4.39 Å². The van der Waals surface area contributed by atoms with Crippen molar-refractivity contribution in [2.24, 2.45) is 5.92 Å². The first-order chi connectivity index (χ1) is 7.49. The van der Waals surface area contributed by atoms with E-state index in [9.17, 15) is 4.39 Å². The molecular formula is C13H19ClFN. The van der Waals surface area contributed by atoms with Gasteiger partial charge in [0.05, 0.1) is 0 Å². The summed E-state index contributed by atoms with van der Waals surface area (Å²) in [5.41, 5.74) is 0.667. The maximum Gasteiger partial charge on any atom is 0.129 e. The summed E-state index contributed by atoms with van der Waals surface area (Å²) < 4.78 is 13.4. The number of hydrogen-bond acceptors (Lipinski definition) is 1. The highest BCUT2D eigenvalue weighted by Gasteiger charge is 2.07. The Morgan fingerprint density at radius 1 is 1.31 bits per heavy atom. The molecule has 90 valence electrons. The summed E-state index contributed by atoms with van der Waals surface area (Å²) in [6, 6.07) is 5.20. The van der Waals surface area contributed by atoms with Gasteiger partial charge in [0, 0.05) is 23.2 Å². The predicted octanol–water partition coefficient (Wildman–Crippen LogP) is 4.00. The number of halogens is 2. The Morgan fingerprint density at radius 3 is 2.56 bits per heavy atom. The summed E-state index contributed by atoms with van der Waals surface area (Å²) >= 11 is 5.69. The predicted molar refractivity (Wildman–Crippen MR) is 67.2 cm³/mol. The Kier molecular flexibility index (Phi) is 5.23. The minimum atomic E-state index is -0.239. The molecule has 0 spiro atoms. The molecule has 0 amide bonds. The molecular weight excluding hydrogens is 225 g/mol. The molecule has 1 N–H and O–H groups in total. The summed E-state index contributed by atoms with van der Waals surface area (Å²) in [6.07, 6.45) is 1.09. The third-order valence-electron chi connectivity index (χ3n) is 2.48. The molecule has 0 fully saturated rings. The molecule has 3 heteroatoms. The normalized spacial score (nSPS) is 13.1. The molecule has 1 rings (SSSR count). The van der Waals surface area contributed by atoms with Crippen LogP contribution < -0.4 is 5.32 Å². The minimum absolute atomic E-state index is 0.239. The topological polar surface area (TPSA) is 12.0 Å². The van der Waals surface area contributed by atoms with Gasteiger partial charge in [-0.3, -0.25) is 0 Å². The lowest BCUT2D eigenvalue weighted by atomic mass is 10.0. The quantitative estimate of drug-likeness (QED) is 0.824. The molecule has 1 aromatic carbocycles. The van der Waals surface area contributed by atoms with Gasteiger partial charge in [0.2, 0.25) is 0 Å². The highest BCUT2D eigenvalue weighted by Crippen LogP contribution is 2.15. The Morgan fingerprint density at radius 2 is 2.00 bits per heavy atom. The Hall–Kier alpha value is -0.600. The van der Waals surface area contributed by atoms with E-state index in [0.29, 0.717) is 29.1 Å². The monoisotopic (exact) mass is 243 g/mol. The van der Waals surface area contributed by atoms with Gasteiger partial charge in [-0.05, 0) is 31.4 Å². The second-order valence-electron chi connectivity index (χ2n) is 4.65. The van der Waals surface area contributed by atoms with Crippen molar-refractivity contribution in [2.45, 2.75) is 39.8 Å². The number of benzene rings is 1. The maximum atomic E-state index is 13.4. The van der Waals surface area contributed by atoms with E-state index in [4.69, 9.17) is 11.6 Å². The van der Waals surface area contributed by atoms with E-state index in [0.717, 1.165) is 6.42 Å². The zero-order chi connectivity index (χ0) is 12.1. The average molecular weight is 244 g/mol. The van der Waals surface area contributed by atoms with Crippen LogP contribution >= 0.6 is 11.6 Å². The van der Waals surface area contributed by atoms with Crippen LogP contribution in [-0.2, 0) is 6.54 Å². The third kappa shape index (κ3) is 4.50. The van der Waals surface area contributed by atoms with Crippen molar-refractivity contribution in [2.75, 3.05) is 0 Å². The zero-order valence-electron chi connectivity index (χ0n) is 10.1.